The van der Waals surface area contributed by atoms with Crippen LogP contribution in [0.2, 0.25) is 0 Å². The van der Waals surface area contributed by atoms with E-state index in [2.05, 4.69) is 18.7 Å². The third-order valence-electron chi connectivity index (χ3n) is 4.50. The van der Waals surface area contributed by atoms with Gasteiger partial charge in [0.05, 0.1) is 6.61 Å². The van der Waals surface area contributed by atoms with Crippen molar-refractivity contribution in [1.82, 2.24) is 4.90 Å². The number of rotatable bonds is 6. The highest BCUT2D eigenvalue weighted by molar-refractivity contribution is 5.82. The zero-order valence-corrected chi connectivity index (χ0v) is 12.0. The second-order valence-corrected chi connectivity index (χ2v) is 6.31. The topological polar surface area (TPSA) is 29.5 Å². The SMILES string of the molecule is COCCN(CC1C(=O)CC(C)CC1C)C1CC1. The van der Waals surface area contributed by atoms with E-state index in [0.717, 1.165) is 32.2 Å². The Morgan fingerprint density at radius 1 is 1.33 bits per heavy atom. The number of ether oxygens (including phenoxy) is 1. The number of carbonyl (C=O) groups is 1. The van der Waals surface area contributed by atoms with Crippen LogP contribution in [-0.4, -0.2) is 43.5 Å². The highest BCUT2D eigenvalue weighted by atomic mass is 16.5. The van der Waals surface area contributed by atoms with Crippen molar-refractivity contribution in [3.63, 3.8) is 0 Å². The normalized spacial score (nSPS) is 33.1. The van der Waals surface area contributed by atoms with Crippen LogP contribution in [0, 0.1) is 17.8 Å². The summed E-state index contributed by atoms with van der Waals surface area (Å²) in [6.07, 6.45) is 4.60. The van der Waals surface area contributed by atoms with Crippen molar-refractivity contribution in [2.24, 2.45) is 17.8 Å². The molecule has 2 aliphatic carbocycles. The lowest BCUT2D eigenvalue weighted by atomic mass is 9.74. The Bertz CT molecular complexity index is 288. The van der Waals surface area contributed by atoms with E-state index in [9.17, 15) is 4.79 Å². The van der Waals surface area contributed by atoms with Crippen LogP contribution in [-0.2, 0) is 9.53 Å². The minimum absolute atomic E-state index is 0.263. The summed E-state index contributed by atoms with van der Waals surface area (Å²) < 4.78 is 5.18. The van der Waals surface area contributed by atoms with Crippen molar-refractivity contribution < 1.29 is 9.53 Å². The van der Waals surface area contributed by atoms with Crippen LogP contribution in [0.3, 0.4) is 0 Å². The molecule has 0 heterocycles. The summed E-state index contributed by atoms with van der Waals surface area (Å²) in [5.41, 5.74) is 0. The molecule has 0 amide bonds. The van der Waals surface area contributed by atoms with Crippen molar-refractivity contribution in [3.05, 3.63) is 0 Å². The maximum atomic E-state index is 12.2. The Balaban J connectivity index is 1.90. The van der Waals surface area contributed by atoms with E-state index >= 15 is 0 Å². The fraction of sp³-hybridized carbons (Fsp3) is 0.933. The molecule has 3 heteroatoms. The Kier molecular flexibility index (Phi) is 4.79. The van der Waals surface area contributed by atoms with Crippen LogP contribution < -0.4 is 0 Å². The molecule has 2 rings (SSSR count). The largest absolute Gasteiger partial charge is 0.383 e. The Hall–Kier alpha value is -0.410. The van der Waals surface area contributed by atoms with Gasteiger partial charge in [-0.25, -0.2) is 0 Å². The van der Waals surface area contributed by atoms with Gasteiger partial charge in [-0.05, 0) is 31.1 Å². The molecule has 0 aromatic rings. The highest BCUT2D eigenvalue weighted by Crippen LogP contribution is 2.34. The van der Waals surface area contributed by atoms with E-state index in [1.165, 1.54) is 19.3 Å². The summed E-state index contributed by atoms with van der Waals surface area (Å²) in [5.74, 6) is 1.88. The number of hydrogen-bond acceptors (Lipinski definition) is 3. The number of methoxy groups -OCH3 is 1. The molecule has 0 N–H and O–H groups in total. The van der Waals surface area contributed by atoms with Gasteiger partial charge in [0.2, 0.25) is 0 Å². The summed E-state index contributed by atoms with van der Waals surface area (Å²) in [6.45, 7) is 7.17. The first-order valence-corrected chi connectivity index (χ1v) is 7.37. The molecule has 3 atom stereocenters. The van der Waals surface area contributed by atoms with E-state index in [1.807, 2.05) is 0 Å². The standard InChI is InChI=1S/C15H27NO2/c1-11-8-12(2)14(15(17)9-11)10-16(6-7-18-3)13-4-5-13/h11-14H,4-10H2,1-3H3. The number of hydrogen-bond donors (Lipinski definition) is 0. The molecule has 18 heavy (non-hydrogen) atoms. The molecule has 0 radical (unpaired) electrons. The van der Waals surface area contributed by atoms with Crippen LogP contribution in [0.4, 0.5) is 0 Å². The first-order chi connectivity index (χ1) is 8.61. The van der Waals surface area contributed by atoms with Gasteiger partial charge in [0.1, 0.15) is 5.78 Å². The lowest BCUT2D eigenvalue weighted by molar-refractivity contribution is -0.128. The quantitative estimate of drug-likeness (QED) is 0.728. The molecule has 2 saturated carbocycles. The third kappa shape index (κ3) is 3.55. The van der Waals surface area contributed by atoms with E-state index in [0.29, 0.717) is 17.6 Å². The van der Waals surface area contributed by atoms with Gasteiger partial charge in [0.25, 0.3) is 0 Å². The molecule has 104 valence electrons. The monoisotopic (exact) mass is 253 g/mol. The van der Waals surface area contributed by atoms with Crippen molar-refractivity contribution in [2.75, 3.05) is 26.8 Å². The van der Waals surface area contributed by atoms with Gasteiger partial charge in [-0.2, -0.15) is 0 Å². The number of nitrogens with zero attached hydrogens (tertiary/aromatic N) is 1. The minimum Gasteiger partial charge on any atom is -0.383 e. The molecule has 3 unspecified atom stereocenters. The van der Waals surface area contributed by atoms with Gasteiger partial charge in [-0.3, -0.25) is 9.69 Å². The number of ketones is 1. The van der Waals surface area contributed by atoms with Gasteiger partial charge in [-0.1, -0.05) is 13.8 Å². The molecule has 0 aromatic heterocycles. The Morgan fingerprint density at radius 3 is 2.61 bits per heavy atom. The zero-order valence-electron chi connectivity index (χ0n) is 12.0. The van der Waals surface area contributed by atoms with Gasteiger partial charge in [-0.15, -0.1) is 0 Å². The smallest absolute Gasteiger partial charge is 0.137 e. The number of carbonyl (C=O) groups excluding carboxylic acids is 1. The maximum Gasteiger partial charge on any atom is 0.137 e. The minimum atomic E-state index is 0.263. The summed E-state index contributed by atoms with van der Waals surface area (Å²) in [6, 6.07) is 0.722. The summed E-state index contributed by atoms with van der Waals surface area (Å²) in [5, 5.41) is 0. The van der Waals surface area contributed by atoms with Crippen molar-refractivity contribution in [1.29, 1.82) is 0 Å². The second-order valence-electron chi connectivity index (χ2n) is 6.31. The molecule has 0 spiro atoms. The Morgan fingerprint density at radius 2 is 2.06 bits per heavy atom. The van der Waals surface area contributed by atoms with Crippen LogP contribution in [0.5, 0.6) is 0 Å². The average Bonchev–Trinajstić information content (AvgIpc) is 3.11. The summed E-state index contributed by atoms with van der Waals surface area (Å²) >= 11 is 0. The van der Waals surface area contributed by atoms with Crippen molar-refractivity contribution >= 4 is 5.78 Å². The predicted octanol–water partition coefficient (Wildman–Crippen LogP) is 2.35. The molecule has 2 aliphatic rings. The first kappa shape index (κ1) is 14.0. The molecule has 3 nitrogen and oxygen atoms in total. The molecular formula is C15H27NO2. The average molecular weight is 253 g/mol. The molecule has 0 aromatic carbocycles. The highest BCUT2D eigenvalue weighted by Gasteiger charge is 2.37. The Labute approximate surface area is 111 Å². The van der Waals surface area contributed by atoms with Crippen molar-refractivity contribution in [3.8, 4) is 0 Å². The molecular weight excluding hydrogens is 226 g/mol. The maximum absolute atomic E-state index is 12.2. The van der Waals surface area contributed by atoms with Gasteiger partial charge >= 0.3 is 0 Å². The fourth-order valence-electron chi connectivity index (χ4n) is 3.30. The van der Waals surface area contributed by atoms with Crippen LogP contribution >= 0.6 is 0 Å². The predicted molar refractivity (Wildman–Crippen MR) is 72.5 cm³/mol. The van der Waals surface area contributed by atoms with Gasteiger partial charge < -0.3 is 4.74 Å². The molecule has 0 bridgehead atoms. The van der Waals surface area contributed by atoms with E-state index in [-0.39, 0.29) is 5.92 Å². The third-order valence-corrected chi connectivity index (χ3v) is 4.50. The van der Waals surface area contributed by atoms with Gasteiger partial charge in [0.15, 0.2) is 0 Å². The van der Waals surface area contributed by atoms with Crippen molar-refractivity contribution in [2.45, 2.75) is 45.6 Å². The zero-order chi connectivity index (χ0) is 13.1. The van der Waals surface area contributed by atoms with Crippen LogP contribution in [0.1, 0.15) is 39.5 Å². The number of Topliss-reactive ketones (excluding diaryl/α,β-unsaturated/α-hetero) is 1. The van der Waals surface area contributed by atoms with Crippen LogP contribution in [0.15, 0.2) is 0 Å². The first-order valence-electron chi connectivity index (χ1n) is 7.37. The fourth-order valence-corrected chi connectivity index (χ4v) is 3.30. The summed E-state index contributed by atoms with van der Waals surface area (Å²) in [7, 11) is 1.75. The van der Waals surface area contributed by atoms with Crippen LogP contribution in [0.25, 0.3) is 0 Å². The lowest BCUT2D eigenvalue weighted by Crippen LogP contribution is -2.42. The second kappa shape index (κ2) is 6.16. The van der Waals surface area contributed by atoms with E-state index < -0.39 is 0 Å². The van der Waals surface area contributed by atoms with E-state index in [1.54, 1.807) is 7.11 Å². The lowest BCUT2D eigenvalue weighted by Gasteiger charge is -2.35. The molecule has 0 saturated heterocycles. The summed E-state index contributed by atoms with van der Waals surface area (Å²) in [4.78, 5) is 14.7. The molecule has 0 aliphatic heterocycles. The van der Waals surface area contributed by atoms with Gasteiger partial charge in [0, 0.05) is 38.6 Å². The van der Waals surface area contributed by atoms with E-state index in [4.69, 9.17) is 4.74 Å². The molecule has 2 fully saturated rings.